The Balaban J connectivity index is 4.18. The first-order chi connectivity index (χ1) is 6.76. The predicted octanol–water partition coefficient (Wildman–Crippen LogP) is 1.62. The second-order valence-corrected chi connectivity index (χ2v) is 4.44. The fourth-order valence-corrected chi connectivity index (χ4v) is 1.04. The molecule has 0 aliphatic heterocycles. The lowest BCUT2D eigenvalue weighted by molar-refractivity contribution is 0.0516. The van der Waals surface area contributed by atoms with Crippen LogP contribution < -0.4 is 11.1 Å². The summed E-state index contributed by atoms with van der Waals surface area (Å²) in [6, 6.07) is -0.426. The zero-order chi connectivity index (χ0) is 12.1. The van der Waals surface area contributed by atoms with E-state index in [0.717, 1.165) is 6.42 Å². The van der Waals surface area contributed by atoms with Crippen LogP contribution in [-0.2, 0) is 4.74 Å². The Kier molecular flexibility index (Phi) is 5.11. The van der Waals surface area contributed by atoms with Crippen molar-refractivity contribution in [2.45, 2.75) is 52.2 Å². The zero-order valence-electron chi connectivity index (χ0n) is 9.89. The maximum atomic E-state index is 11.4. The Morgan fingerprint density at radius 3 is 2.40 bits per heavy atom. The first-order valence-electron chi connectivity index (χ1n) is 5.09. The minimum Gasteiger partial charge on any atom is -0.444 e. The van der Waals surface area contributed by atoms with Gasteiger partial charge in [-0.15, -0.1) is 0 Å². The number of hydrogen-bond donors (Lipinski definition) is 3. The number of nitrogens with two attached hydrogens (primary N) is 1. The summed E-state index contributed by atoms with van der Waals surface area (Å²) in [4.78, 5) is 11.4. The number of rotatable bonds is 4. The summed E-state index contributed by atoms with van der Waals surface area (Å²) in [5, 5.41) is 9.85. The molecule has 1 amide bonds. The summed E-state index contributed by atoms with van der Waals surface area (Å²) >= 11 is 0. The smallest absolute Gasteiger partial charge is 0.408 e. The molecule has 0 fully saturated rings. The van der Waals surface area contributed by atoms with Gasteiger partial charge in [0.15, 0.2) is 0 Å². The average Bonchev–Trinajstić information content (AvgIpc) is 1.99. The van der Waals surface area contributed by atoms with Crippen LogP contribution in [0, 0.1) is 5.41 Å². The molecule has 0 aromatic heterocycles. The highest BCUT2D eigenvalue weighted by Crippen LogP contribution is 2.07. The van der Waals surface area contributed by atoms with Gasteiger partial charge in [0.25, 0.3) is 0 Å². The van der Waals surface area contributed by atoms with Crippen LogP contribution in [0.1, 0.15) is 40.5 Å². The van der Waals surface area contributed by atoms with Crippen molar-refractivity contribution in [1.82, 2.24) is 5.32 Å². The maximum absolute atomic E-state index is 11.4. The molecule has 1 atom stereocenters. The van der Waals surface area contributed by atoms with Crippen molar-refractivity contribution in [2.24, 2.45) is 5.73 Å². The number of amides is 1. The molecule has 0 saturated heterocycles. The van der Waals surface area contributed by atoms with Crippen LogP contribution in [-0.4, -0.2) is 23.6 Å². The van der Waals surface area contributed by atoms with E-state index in [1.54, 1.807) is 20.8 Å². The highest BCUT2D eigenvalue weighted by atomic mass is 16.6. The van der Waals surface area contributed by atoms with Crippen LogP contribution in [0.25, 0.3) is 0 Å². The predicted molar refractivity (Wildman–Crippen MR) is 60.0 cm³/mol. The van der Waals surface area contributed by atoms with Gasteiger partial charge in [0, 0.05) is 0 Å². The van der Waals surface area contributed by atoms with Crippen LogP contribution >= 0.6 is 0 Å². The molecule has 0 aromatic rings. The minimum absolute atomic E-state index is 0.0392. The first kappa shape index (κ1) is 13.7. The molecule has 1 unspecified atom stereocenters. The van der Waals surface area contributed by atoms with Crippen LogP contribution in [0.2, 0.25) is 0 Å². The lowest BCUT2D eigenvalue weighted by Crippen LogP contribution is -2.45. The largest absolute Gasteiger partial charge is 0.444 e. The van der Waals surface area contributed by atoms with E-state index in [2.05, 4.69) is 5.32 Å². The quantitative estimate of drug-likeness (QED) is 0.491. The van der Waals surface area contributed by atoms with E-state index >= 15 is 0 Å². The fraction of sp³-hybridized carbons (Fsp3) is 0.800. The minimum atomic E-state index is -0.531. The molecule has 5 nitrogen and oxygen atoms in total. The van der Waals surface area contributed by atoms with Gasteiger partial charge in [0.2, 0.25) is 0 Å². The summed E-state index contributed by atoms with van der Waals surface area (Å²) in [7, 11) is 0. The third kappa shape index (κ3) is 6.76. The van der Waals surface area contributed by atoms with Gasteiger partial charge in [0.1, 0.15) is 11.4 Å². The van der Waals surface area contributed by atoms with E-state index in [4.69, 9.17) is 15.9 Å². The van der Waals surface area contributed by atoms with E-state index < -0.39 is 17.7 Å². The van der Waals surface area contributed by atoms with Gasteiger partial charge in [-0.3, -0.25) is 5.41 Å². The lowest BCUT2D eigenvalue weighted by Gasteiger charge is -2.22. The lowest BCUT2D eigenvalue weighted by atomic mass is 10.1. The summed E-state index contributed by atoms with van der Waals surface area (Å²) in [6.45, 7) is 7.33. The number of carbonyl (C=O) groups is 1. The maximum Gasteiger partial charge on any atom is 0.408 e. The summed E-state index contributed by atoms with van der Waals surface area (Å²) in [6.07, 6.45) is 0.963. The van der Waals surface area contributed by atoms with Crippen molar-refractivity contribution in [1.29, 1.82) is 5.41 Å². The van der Waals surface area contributed by atoms with E-state index in [1.807, 2.05) is 6.92 Å². The Hall–Kier alpha value is -1.26. The number of alkyl carbamates (subject to hydrolysis) is 1. The van der Waals surface area contributed by atoms with Gasteiger partial charge in [0.05, 0.1) is 6.04 Å². The Bertz CT molecular complexity index is 233. The van der Waals surface area contributed by atoms with E-state index in [9.17, 15) is 4.79 Å². The third-order valence-corrected chi connectivity index (χ3v) is 1.64. The number of carbonyl (C=O) groups excluding carboxylic acids is 1. The van der Waals surface area contributed by atoms with Crippen LogP contribution in [0.15, 0.2) is 0 Å². The van der Waals surface area contributed by atoms with Gasteiger partial charge < -0.3 is 15.8 Å². The first-order valence-corrected chi connectivity index (χ1v) is 5.09. The van der Waals surface area contributed by atoms with E-state index in [0.29, 0.717) is 6.42 Å². The van der Waals surface area contributed by atoms with Gasteiger partial charge in [-0.2, -0.15) is 0 Å². The molecule has 5 heteroatoms. The molecule has 0 heterocycles. The zero-order valence-corrected chi connectivity index (χ0v) is 9.89. The molecule has 0 aromatic carbocycles. The SMILES string of the molecule is CCCC(NC(=O)OC(C)(C)C)C(=N)N. The molecule has 0 spiro atoms. The summed E-state index contributed by atoms with van der Waals surface area (Å²) < 4.78 is 5.06. The molecule has 0 rings (SSSR count). The van der Waals surface area contributed by atoms with Gasteiger partial charge in [-0.25, -0.2) is 4.79 Å². The van der Waals surface area contributed by atoms with Crippen molar-refractivity contribution >= 4 is 11.9 Å². The third-order valence-electron chi connectivity index (χ3n) is 1.64. The molecule has 15 heavy (non-hydrogen) atoms. The van der Waals surface area contributed by atoms with E-state index in [1.165, 1.54) is 0 Å². The van der Waals surface area contributed by atoms with Crippen molar-refractivity contribution in [3.63, 3.8) is 0 Å². The summed E-state index contributed by atoms with van der Waals surface area (Å²) in [5.74, 6) is -0.0392. The molecule has 0 radical (unpaired) electrons. The highest BCUT2D eigenvalue weighted by molar-refractivity contribution is 5.86. The fourth-order valence-electron chi connectivity index (χ4n) is 1.04. The topological polar surface area (TPSA) is 88.2 Å². The molecule has 0 bridgehead atoms. The number of hydrogen-bond acceptors (Lipinski definition) is 3. The molecule has 4 N–H and O–H groups in total. The molecular formula is C10H21N3O2. The van der Waals surface area contributed by atoms with Crippen LogP contribution in [0.3, 0.4) is 0 Å². The number of amidine groups is 1. The normalized spacial score (nSPS) is 13.1. The Morgan fingerprint density at radius 2 is 2.07 bits per heavy atom. The van der Waals surface area contributed by atoms with Crippen molar-refractivity contribution < 1.29 is 9.53 Å². The molecule has 0 aliphatic carbocycles. The van der Waals surface area contributed by atoms with Gasteiger partial charge >= 0.3 is 6.09 Å². The molecular weight excluding hydrogens is 194 g/mol. The second kappa shape index (κ2) is 5.58. The molecule has 88 valence electrons. The van der Waals surface area contributed by atoms with E-state index in [-0.39, 0.29) is 5.84 Å². The van der Waals surface area contributed by atoms with Crippen molar-refractivity contribution in [3.8, 4) is 0 Å². The standard InChI is InChI=1S/C10H21N3O2/c1-5-6-7(8(11)12)13-9(14)15-10(2,3)4/h7H,5-6H2,1-4H3,(H3,11,12)(H,13,14). The van der Waals surface area contributed by atoms with Crippen LogP contribution in [0.5, 0.6) is 0 Å². The Labute approximate surface area is 90.9 Å². The highest BCUT2D eigenvalue weighted by Gasteiger charge is 2.20. The van der Waals surface area contributed by atoms with Gasteiger partial charge in [-0.05, 0) is 27.2 Å². The summed E-state index contributed by atoms with van der Waals surface area (Å²) in [5.41, 5.74) is 4.82. The van der Waals surface area contributed by atoms with Crippen LogP contribution in [0.4, 0.5) is 4.79 Å². The molecule has 0 aliphatic rings. The number of ether oxygens (including phenoxy) is 1. The van der Waals surface area contributed by atoms with Crippen molar-refractivity contribution in [2.75, 3.05) is 0 Å². The van der Waals surface area contributed by atoms with Gasteiger partial charge in [-0.1, -0.05) is 13.3 Å². The average molecular weight is 215 g/mol. The monoisotopic (exact) mass is 215 g/mol. The van der Waals surface area contributed by atoms with Crippen molar-refractivity contribution in [3.05, 3.63) is 0 Å². The Morgan fingerprint density at radius 1 is 1.53 bits per heavy atom. The molecule has 0 saturated carbocycles. The second-order valence-electron chi connectivity index (χ2n) is 4.44. The number of nitrogens with one attached hydrogen (secondary N) is 2.